The molecule has 4 rings (SSSR count). The van der Waals surface area contributed by atoms with E-state index >= 15 is 0 Å². The first-order chi connectivity index (χ1) is 8.87. The lowest BCUT2D eigenvalue weighted by Crippen LogP contribution is -2.48. The molecular formula is C16H28N2. The minimum atomic E-state index is 0.810. The molecule has 2 bridgehead atoms. The van der Waals surface area contributed by atoms with Gasteiger partial charge in [-0.05, 0) is 69.2 Å². The van der Waals surface area contributed by atoms with Gasteiger partial charge in [-0.3, -0.25) is 0 Å². The van der Waals surface area contributed by atoms with Gasteiger partial charge in [-0.15, -0.1) is 0 Å². The highest BCUT2D eigenvalue weighted by Crippen LogP contribution is 2.48. The monoisotopic (exact) mass is 248 g/mol. The smallest absolute Gasteiger partial charge is 0.0198 e. The minimum absolute atomic E-state index is 0.810. The van der Waals surface area contributed by atoms with Crippen molar-refractivity contribution in [3.8, 4) is 0 Å². The Balaban J connectivity index is 1.28. The zero-order valence-electron chi connectivity index (χ0n) is 11.6. The van der Waals surface area contributed by atoms with E-state index in [1.807, 2.05) is 0 Å². The van der Waals surface area contributed by atoms with Crippen molar-refractivity contribution in [2.45, 2.75) is 63.5 Å². The van der Waals surface area contributed by atoms with E-state index in [0.717, 1.165) is 29.8 Å². The second kappa shape index (κ2) is 4.79. The highest BCUT2D eigenvalue weighted by molar-refractivity contribution is 4.93. The summed E-state index contributed by atoms with van der Waals surface area (Å²) in [6, 6.07) is 1.70. The van der Waals surface area contributed by atoms with Crippen LogP contribution >= 0.6 is 0 Å². The van der Waals surface area contributed by atoms with Crippen molar-refractivity contribution in [2.24, 2.45) is 17.8 Å². The first-order valence-electron chi connectivity index (χ1n) is 8.35. The summed E-state index contributed by atoms with van der Waals surface area (Å²) in [5.74, 6) is 3.28. The number of nitrogens with zero attached hydrogens (tertiary/aromatic N) is 1. The Kier molecular flexibility index (Phi) is 3.12. The van der Waals surface area contributed by atoms with E-state index in [0.29, 0.717) is 0 Å². The largest absolute Gasteiger partial charge is 0.310 e. The Morgan fingerprint density at radius 3 is 2.61 bits per heavy atom. The van der Waals surface area contributed by atoms with E-state index in [2.05, 4.69) is 10.2 Å². The van der Waals surface area contributed by atoms with E-state index in [-0.39, 0.29) is 0 Å². The van der Waals surface area contributed by atoms with Crippen LogP contribution in [-0.4, -0.2) is 36.6 Å². The van der Waals surface area contributed by atoms with Gasteiger partial charge in [0.05, 0.1) is 0 Å². The molecule has 0 spiro atoms. The number of piperidine rings is 1. The maximum atomic E-state index is 3.84. The highest BCUT2D eigenvalue weighted by Gasteiger charge is 2.40. The summed E-state index contributed by atoms with van der Waals surface area (Å²) in [6.07, 6.45) is 11.9. The lowest BCUT2D eigenvalue weighted by molar-refractivity contribution is 0.143. The van der Waals surface area contributed by atoms with Crippen molar-refractivity contribution in [3.05, 3.63) is 0 Å². The van der Waals surface area contributed by atoms with Crippen LogP contribution in [0.5, 0.6) is 0 Å². The number of rotatable bonds is 4. The molecule has 102 valence electrons. The Labute approximate surface area is 111 Å². The third kappa shape index (κ3) is 2.46. The fourth-order valence-electron chi connectivity index (χ4n) is 4.87. The second-order valence-electron chi connectivity index (χ2n) is 7.47. The summed E-state index contributed by atoms with van der Waals surface area (Å²) in [5, 5.41) is 3.84. The van der Waals surface area contributed by atoms with Crippen LogP contribution in [0.15, 0.2) is 0 Å². The maximum Gasteiger partial charge on any atom is 0.0198 e. The molecule has 0 aromatic heterocycles. The summed E-state index contributed by atoms with van der Waals surface area (Å²) >= 11 is 0. The number of likely N-dealkylation sites (tertiary alicyclic amines) is 1. The third-order valence-corrected chi connectivity index (χ3v) is 5.93. The first-order valence-corrected chi connectivity index (χ1v) is 8.35. The normalized spacial score (nSPS) is 44.7. The van der Waals surface area contributed by atoms with Gasteiger partial charge >= 0.3 is 0 Å². The van der Waals surface area contributed by atoms with Crippen LogP contribution < -0.4 is 5.32 Å². The molecular weight excluding hydrogens is 220 g/mol. The molecule has 2 nitrogen and oxygen atoms in total. The number of hydrogen-bond acceptors (Lipinski definition) is 2. The van der Waals surface area contributed by atoms with Gasteiger partial charge in [0.1, 0.15) is 0 Å². The summed E-state index contributed by atoms with van der Waals surface area (Å²) in [5.41, 5.74) is 0. The van der Waals surface area contributed by atoms with Crippen LogP contribution in [0, 0.1) is 17.8 Å². The Bertz CT molecular complexity index is 299. The van der Waals surface area contributed by atoms with E-state index in [1.54, 1.807) is 25.7 Å². The average molecular weight is 248 g/mol. The second-order valence-corrected chi connectivity index (χ2v) is 7.47. The lowest BCUT2D eigenvalue weighted by atomic mass is 9.88. The van der Waals surface area contributed by atoms with Crippen molar-refractivity contribution >= 4 is 0 Å². The molecule has 0 amide bonds. The SMILES string of the molecule is C1CC(NC2CC2)CN(CC2CC3CCC2C3)C1. The third-order valence-electron chi connectivity index (χ3n) is 5.93. The van der Waals surface area contributed by atoms with Gasteiger partial charge in [-0.2, -0.15) is 0 Å². The quantitative estimate of drug-likeness (QED) is 0.823. The predicted octanol–water partition coefficient (Wildman–Crippen LogP) is 2.64. The minimum Gasteiger partial charge on any atom is -0.310 e. The van der Waals surface area contributed by atoms with Crippen LogP contribution in [0.25, 0.3) is 0 Å². The zero-order valence-corrected chi connectivity index (χ0v) is 11.6. The van der Waals surface area contributed by atoms with Gasteiger partial charge in [0, 0.05) is 25.2 Å². The summed E-state index contributed by atoms with van der Waals surface area (Å²) in [6.45, 7) is 4.13. The number of nitrogens with one attached hydrogen (secondary N) is 1. The molecule has 0 aromatic rings. The Morgan fingerprint density at radius 2 is 1.89 bits per heavy atom. The maximum absolute atomic E-state index is 3.84. The molecule has 0 aromatic carbocycles. The van der Waals surface area contributed by atoms with E-state index in [1.165, 1.54) is 45.3 Å². The zero-order chi connectivity index (χ0) is 11.9. The molecule has 4 aliphatic rings. The van der Waals surface area contributed by atoms with Crippen LogP contribution in [0.4, 0.5) is 0 Å². The molecule has 1 heterocycles. The summed E-state index contributed by atoms with van der Waals surface area (Å²) < 4.78 is 0. The van der Waals surface area contributed by atoms with E-state index in [4.69, 9.17) is 0 Å². The van der Waals surface area contributed by atoms with Crippen molar-refractivity contribution in [1.82, 2.24) is 10.2 Å². The lowest BCUT2D eigenvalue weighted by Gasteiger charge is -2.36. The molecule has 4 atom stereocenters. The van der Waals surface area contributed by atoms with E-state index < -0.39 is 0 Å². The van der Waals surface area contributed by atoms with Crippen LogP contribution in [0.3, 0.4) is 0 Å². The molecule has 1 N–H and O–H groups in total. The van der Waals surface area contributed by atoms with Crippen molar-refractivity contribution in [3.63, 3.8) is 0 Å². The molecule has 1 saturated heterocycles. The molecule has 4 unspecified atom stereocenters. The first kappa shape index (κ1) is 11.7. The summed E-state index contributed by atoms with van der Waals surface area (Å²) in [4.78, 5) is 2.79. The molecule has 3 aliphatic carbocycles. The average Bonchev–Trinajstić information content (AvgIpc) is 2.95. The van der Waals surface area contributed by atoms with Crippen LogP contribution in [-0.2, 0) is 0 Å². The molecule has 0 radical (unpaired) electrons. The fraction of sp³-hybridized carbons (Fsp3) is 1.00. The van der Waals surface area contributed by atoms with E-state index in [9.17, 15) is 0 Å². The standard InChI is InChI=1S/C16H28N2/c1-2-16(17-15-5-6-15)11-18(7-1)10-14-9-12-3-4-13(14)8-12/h12-17H,1-11H2. The van der Waals surface area contributed by atoms with Crippen LogP contribution in [0.1, 0.15) is 51.4 Å². The molecule has 18 heavy (non-hydrogen) atoms. The van der Waals surface area contributed by atoms with Crippen LogP contribution in [0.2, 0.25) is 0 Å². The van der Waals surface area contributed by atoms with Crippen molar-refractivity contribution < 1.29 is 0 Å². The van der Waals surface area contributed by atoms with Crippen molar-refractivity contribution in [2.75, 3.05) is 19.6 Å². The van der Waals surface area contributed by atoms with Gasteiger partial charge in [-0.1, -0.05) is 6.42 Å². The Morgan fingerprint density at radius 1 is 0.944 bits per heavy atom. The van der Waals surface area contributed by atoms with Gasteiger partial charge in [0.15, 0.2) is 0 Å². The highest BCUT2D eigenvalue weighted by atomic mass is 15.2. The molecule has 2 heteroatoms. The van der Waals surface area contributed by atoms with Crippen molar-refractivity contribution in [1.29, 1.82) is 0 Å². The summed E-state index contributed by atoms with van der Waals surface area (Å²) in [7, 11) is 0. The molecule has 1 aliphatic heterocycles. The van der Waals surface area contributed by atoms with Gasteiger partial charge < -0.3 is 10.2 Å². The van der Waals surface area contributed by atoms with Gasteiger partial charge in [-0.25, -0.2) is 0 Å². The fourth-order valence-corrected chi connectivity index (χ4v) is 4.87. The predicted molar refractivity (Wildman–Crippen MR) is 74.6 cm³/mol. The topological polar surface area (TPSA) is 15.3 Å². The number of hydrogen-bond donors (Lipinski definition) is 1. The molecule has 3 saturated carbocycles. The molecule has 4 fully saturated rings. The van der Waals surface area contributed by atoms with Gasteiger partial charge in [0.2, 0.25) is 0 Å². The number of fused-ring (bicyclic) bond motifs is 2. The van der Waals surface area contributed by atoms with Gasteiger partial charge in [0.25, 0.3) is 0 Å². The Hall–Kier alpha value is -0.0800.